The summed E-state index contributed by atoms with van der Waals surface area (Å²) in [6.45, 7) is 5.42. The van der Waals surface area contributed by atoms with Crippen molar-refractivity contribution in [3.05, 3.63) is 11.4 Å². The Morgan fingerprint density at radius 1 is 1.52 bits per heavy atom. The normalized spacial score (nSPS) is 20.8. The fourth-order valence-electron chi connectivity index (χ4n) is 2.62. The maximum atomic E-state index is 12.8. The van der Waals surface area contributed by atoms with Crippen LogP contribution in [0.25, 0.3) is 0 Å². The molecule has 1 atom stereocenters. The van der Waals surface area contributed by atoms with Crippen LogP contribution in [0.2, 0.25) is 0 Å². The summed E-state index contributed by atoms with van der Waals surface area (Å²) in [6, 6.07) is 0. The summed E-state index contributed by atoms with van der Waals surface area (Å²) in [5, 5.41) is 6.69. The van der Waals surface area contributed by atoms with E-state index in [4.69, 9.17) is 10.5 Å². The Balaban J connectivity index is 2.20. The van der Waals surface area contributed by atoms with Gasteiger partial charge in [-0.25, -0.2) is 8.42 Å². The lowest BCUT2D eigenvalue weighted by Gasteiger charge is -2.31. The van der Waals surface area contributed by atoms with Crippen molar-refractivity contribution >= 4 is 10.0 Å². The average Bonchev–Trinajstić information content (AvgIpc) is 2.87. The molecule has 3 N–H and O–H groups in total. The lowest BCUT2D eigenvalue weighted by atomic mass is 10.1. The second-order valence-electron chi connectivity index (χ2n) is 5.33. The first-order valence-electron chi connectivity index (χ1n) is 7.36. The van der Waals surface area contributed by atoms with Crippen LogP contribution in [0.5, 0.6) is 0 Å². The second-order valence-corrected chi connectivity index (χ2v) is 7.20. The van der Waals surface area contributed by atoms with Crippen LogP contribution in [-0.2, 0) is 21.3 Å². The molecule has 1 aromatic heterocycles. The Morgan fingerprint density at radius 3 is 2.95 bits per heavy atom. The fraction of sp³-hybridized carbons (Fsp3) is 0.769. The van der Waals surface area contributed by atoms with E-state index < -0.39 is 10.0 Å². The molecule has 0 radical (unpaired) electrons. The van der Waals surface area contributed by atoms with Crippen molar-refractivity contribution in [2.24, 2.45) is 5.73 Å². The smallest absolute Gasteiger partial charge is 0.246 e. The maximum Gasteiger partial charge on any atom is 0.246 e. The highest BCUT2D eigenvalue weighted by Gasteiger charge is 2.34. The van der Waals surface area contributed by atoms with Crippen molar-refractivity contribution in [2.75, 3.05) is 19.7 Å². The molecule has 7 nitrogen and oxygen atoms in total. The summed E-state index contributed by atoms with van der Waals surface area (Å²) < 4.78 is 32.8. The third kappa shape index (κ3) is 3.45. The number of nitrogens with zero attached hydrogens (tertiary/aromatic N) is 2. The Labute approximate surface area is 125 Å². The Hall–Kier alpha value is -0.960. The lowest BCUT2D eigenvalue weighted by Crippen LogP contribution is -2.43. The molecule has 0 aliphatic carbocycles. The van der Waals surface area contributed by atoms with Crippen LogP contribution in [0, 0.1) is 6.92 Å². The van der Waals surface area contributed by atoms with Crippen LogP contribution in [0.1, 0.15) is 37.6 Å². The van der Waals surface area contributed by atoms with Crippen LogP contribution >= 0.6 is 0 Å². The Morgan fingerprint density at radius 2 is 2.29 bits per heavy atom. The molecule has 1 aromatic rings. The van der Waals surface area contributed by atoms with Crippen molar-refractivity contribution in [3.8, 4) is 0 Å². The first-order valence-corrected chi connectivity index (χ1v) is 8.80. The van der Waals surface area contributed by atoms with Gasteiger partial charge in [-0.15, -0.1) is 0 Å². The quantitative estimate of drug-likeness (QED) is 0.806. The minimum atomic E-state index is -3.57. The van der Waals surface area contributed by atoms with Gasteiger partial charge in [0.2, 0.25) is 10.0 Å². The van der Waals surface area contributed by atoms with E-state index in [1.807, 2.05) is 6.92 Å². The molecule has 120 valence electrons. The van der Waals surface area contributed by atoms with Crippen LogP contribution in [0.4, 0.5) is 0 Å². The van der Waals surface area contributed by atoms with Crippen LogP contribution in [0.3, 0.4) is 0 Å². The summed E-state index contributed by atoms with van der Waals surface area (Å²) in [5.41, 5.74) is 6.52. The Kier molecular flexibility index (Phi) is 5.37. The van der Waals surface area contributed by atoms with Gasteiger partial charge in [0.25, 0.3) is 0 Å². The molecule has 1 aliphatic rings. The van der Waals surface area contributed by atoms with Gasteiger partial charge >= 0.3 is 0 Å². The van der Waals surface area contributed by atoms with Gasteiger partial charge in [0.05, 0.1) is 17.5 Å². The van der Waals surface area contributed by atoms with E-state index in [9.17, 15) is 8.42 Å². The number of rotatable bonds is 6. The highest BCUT2D eigenvalue weighted by Crippen LogP contribution is 2.25. The number of ether oxygens (including phenoxy) is 1. The zero-order valence-electron chi connectivity index (χ0n) is 12.6. The number of hydrogen-bond donors (Lipinski definition) is 2. The Bertz CT molecular complexity index is 570. The molecule has 0 amide bonds. The molecule has 0 saturated carbocycles. The molecule has 1 saturated heterocycles. The van der Waals surface area contributed by atoms with Gasteiger partial charge in [0.15, 0.2) is 0 Å². The zero-order valence-corrected chi connectivity index (χ0v) is 13.4. The predicted octanol–water partition coefficient (Wildman–Crippen LogP) is 0.757. The third-order valence-electron chi connectivity index (χ3n) is 3.65. The molecule has 2 heterocycles. The van der Waals surface area contributed by atoms with Crippen molar-refractivity contribution in [1.29, 1.82) is 0 Å². The number of H-pyrrole nitrogens is 1. The highest BCUT2D eigenvalue weighted by atomic mass is 32.2. The van der Waals surface area contributed by atoms with E-state index in [0.29, 0.717) is 31.1 Å². The molecular weight excluding hydrogens is 292 g/mol. The standard InChI is InChI=1S/C13H24N4O3S/c1-3-7-20-11-5-4-6-17(9-11)21(18,19)13-10(2)15-16-12(13)8-14/h11H,3-9,14H2,1-2H3,(H,15,16). The fourth-order valence-corrected chi connectivity index (χ4v) is 4.47. The van der Waals surface area contributed by atoms with Gasteiger partial charge in [-0.1, -0.05) is 6.92 Å². The van der Waals surface area contributed by atoms with Gasteiger partial charge in [-0.05, 0) is 26.2 Å². The van der Waals surface area contributed by atoms with Crippen LogP contribution < -0.4 is 5.73 Å². The predicted molar refractivity (Wildman–Crippen MR) is 79.2 cm³/mol. The van der Waals surface area contributed by atoms with Gasteiger partial charge in [0, 0.05) is 26.2 Å². The summed E-state index contributed by atoms with van der Waals surface area (Å²) in [6.07, 6.45) is 2.62. The van der Waals surface area contributed by atoms with E-state index in [1.165, 1.54) is 4.31 Å². The number of nitrogens with two attached hydrogens (primary N) is 1. The second kappa shape index (κ2) is 6.87. The molecule has 2 rings (SSSR count). The molecule has 0 bridgehead atoms. The molecule has 0 aromatic carbocycles. The number of hydrogen-bond acceptors (Lipinski definition) is 5. The molecule has 21 heavy (non-hydrogen) atoms. The summed E-state index contributed by atoms with van der Waals surface area (Å²) in [4.78, 5) is 0.223. The number of aromatic nitrogens is 2. The van der Waals surface area contributed by atoms with E-state index in [-0.39, 0.29) is 17.5 Å². The van der Waals surface area contributed by atoms with Crippen molar-refractivity contribution in [1.82, 2.24) is 14.5 Å². The van der Waals surface area contributed by atoms with Crippen LogP contribution in [-0.4, -0.2) is 48.7 Å². The molecule has 1 fully saturated rings. The summed E-state index contributed by atoms with van der Waals surface area (Å²) in [5.74, 6) is 0. The van der Waals surface area contributed by atoms with E-state index in [0.717, 1.165) is 19.3 Å². The largest absolute Gasteiger partial charge is 0.377 e. The monoisotopic (exact) mass is 316 g/mol. The average molecular weight is 316 g/mol. The first kappa shape index (κ1) is 16.4. The van der Waals surface area contributed by atoms with Gasteiger partial charge in [-0.3, -0.25) is 5.10 Å². The van der Waals surface area contributed by atoms with Crippen molar-refractivity contribution < 1.29 is 13.2 Å². The number of aromatic amines is 1. The summed E-state index contributed by atoms with van der Waals surface area (Å²) >= 11 is 0. The molecule has 1 aliphatic heterocycles. The first-order chi connectivity index (χ1) is 10.0. The number of sulfonamides is 1. The lowest BCUT2D eigenvalue weighted by molar-refractivity contribution is 0.0193. The number of aryl methyl sites for hydroxylation is 1. The van der Waals surface area contributed by atoms with Crippen LogP contribution in [0.15, 0.2) is 4.90 Å². The van der Waals surface area contributed by atoms with E-state index >= 15 is 0 Å². The van der Waals surface area contributed by atoms with Crippen molar-refractivity contribution in [3.63, 3.8) is 0 Å². The van der Waals surface area contributed by atoms with Gasteiger partial charge < -0.3 is 10.5 Å². The van der Waals surface area contributed by atoms with E-state index in [2.05, 4.69) is 10.2 Å². The maximum absolute atomic E-state index is 12.8. The zero-order chi connectivity index (χ0) is 15.5. The molecule has 8 heteroatoms. The number of nitrogens with one attached hydrogen (secondary N) is 1. The minimum absolute atomic E-state index is 0.0259. The van der Waals surface area contributed by atoms with E-state index in [1.54, 1.807) is 6.92 Å². The van der Waals surface area contributed by atoms with Crippen molar-refractivity contribution in [2.45, 2.75) is 50.7 Å². The SMILES string of the molecule is CCCOC1CCCN(S(=O)(=O)c2c(CN)n[nH]c2C)C1. The van der Waals surface area contributed by atoms with Gasteiger partial charge in [-0.2, -0.15) is 9.40 Å². The summed E-state index contributed by atoms with van der Waals surface area (Å²) in [7, 11) is -3.57. The highest BCUT2D eigenvalue weighted by molar-refractivity contribution is 7.89. The molecular formula is C13H24N4O3S. The third-order valence-corrected chi connectivity index (χ3v) is 5.72. The molecule has 0 spiro atoms. The topological polar surface area (TPSA) is 101 Å². The minimum Gasteiger partial charge on any atom is -0.377 e. The molecule has 1 unspecified atom stereocenters. The number of piperidine rings is 1. The van der Waals surface area contributed by atoms with Gasteiger partial charge in [0.1, 0.15) is 4.90 Å².